The summed E-state index contributed by atoms with van der Waals surface area (Å²) in [6.07, 6.45) is 1.47. The van der Waals surface area contributed by atoms with Crippen LogP contribution >= 0.6 is 0 Å². The molecule has 0 saturated heterocycles. The molecule has 2 N–H and O–H groups in total. The summed E-state index contributed by atoms with van der Waals surface area (Å²) in [4.78, 5) is 0.166. The standard InChI is InChI=1S/C10H13NO3S/c1-3-6-15(12,13)8-4-5-10(14-2)9(11)7-8/h3-7H,11H2,1-2H3. The van der Waals surface area contributed by atoms with Crippen LogP contribution in [0.1, 0.15) is 6.92 Å². The van der Waals surface area contributed by atoms with Gasteiger partial charge in [-0.2, -0.15) is 0 Å². The fourth-order valence-corrected chi connectivity index (χ4v) is 2.21. The predicted octanol–water partition coefficient (Wildman–Crippen LogP) is 1.58. The van der Waals surface area contributed by atoms with Gasteiger partial charge in [0.05, 0.1) is 17.7 Å². The molecule has 0 radical (unpaired) electrons. The first kappa shape index (κ1) is 11.6. The summed E-state index contributed by atoms with van der Waals surface area (Å²) in [6.45, 7) is 1.64. The molecule has 0 aliphatic heterocycles. The van der Waals surface area contributed by atoms with Gasteiger partial charge in [0, 0.05) is 5.41 Å². The van der Waals surface area contributed by atoms with E-state index >= 15 is 0 Å². The molecule has 0 aromatic heterocycles. The maximum atomic E-state index is 11.6. The van der Waals surface area contributed by atoms with Gasteiger partial charge in [0.2, 0.25) is 0 Å². The Balaban J connectivity index is 3.25. The third kappa shape index (κ3) is 2.50. The zero-order valence-corrected chi connectivity index (χ0v) is 9.41. The van der Waals surface area contributed by atoms with E-state index in [2.05, 4.69) is 0 Å². The summed E-state index contributed by atoms with van der Waals surface area (Å²) in [5.41, 5.74) is 5.92. The Bertz CT molecular complexity index is 477. The minimum absolute atomic E-state index is 0.166. The van der Waals surface area contributed by atoms with Crippen LogP contribution in [0.3, 0.4) is 0 Å². The van der Waals surface area contributed by atoms with E-state index in [9.17, 15) is 8.42 Å². The maximum absolute atomic E-state index is 11.6. The molecule has 0 amide bonds. The minimum Gasteiger partial charge on any atom is -0.495 e. The molecular weight excluding hydrogens is 214 g/mol. The van der Waals surface area contributed by atoms with E-state index in [1.165, 1.54) is 31.4 Å². The van der Waals surface area contributed by atoms with Crippen LogP contribution in [0.5, 0.6) is 5.75 Å². The van der Waals surface area contributed by atoms with Crippen molar-refractivity contribution in [2.45, 2.75) is 11.8 Å². The molecule has 0 fully saturated rings. The van der Waals surface area contributed by atoms with E-state index in [-0.39, 0.29) is 4.90 Å². The number of hydrogen-bond acceptors (Lipinski definition) is 4. The molecule has 0 heterocycles. The third-order valence-corrected chi connectivity index (χ3v) is 3.39. The Morgan fingerprint density at radius 2 is 2.07 bits per heavy atom. The summed E-state index contributed by atoms with van der Waals surface area (Å²) in [7, 11) is -1.90. The van der Waals surface area contributed by atoms with Crippen LogP contribution in [0.15, 0.2) is 34.6 Å². The fourth-order valence-electron chi connectivity index (χ4n) is 1.15. The summed E-state index contributed by atoms with van der Waals surface area (Å²) in [5.74, 6) is 0.467. The zero-order chi connectivity index (χ0) is 11.5. The van der Waals surface area contributed by atoms with Crippen molar-refractivity contribution >= 4 is 15.5 Å². The van der Waals surface area contributed by atoms with Crippen molar-refractivity contribution in [1.82, 2.24) is 0 Å². The topological polar surface area (TPSA) is 69.4 Å². The highest BCUT2D eigenvalue weighted by Crippen LogP contribution is 2.25. The molecule has 4 nitrogen and oxygen atoms in total. The molecule has 5 heteroatoms. The van der Waals surface area contributed by atoms with Crippen LogP contribution < -0.4 is 10.5 Å². The van der Waals surface area contributed by atoms with Gasteiger partial charge in [-0.15, -0.1) is 0 Å². The molecule has 0 unspecified atom stereocenters. The van der Waals surface area contributed by atoms with Crippen LogP contribution in [0.2, 0.25) is 0 Å². The fraction of sp³-hybridized carbons (Fsp3) is 0.200. The molecule has 82 valence electrons. The molecule has 0 spiro atoms. The van der Waals surface area contributed by atoms with Crippen LogP contribution in [0.25, 0.3) is 0 Å². The first-order chi connectivity index (χ1) is 7.01. The second-order valence-electron chi connectivity index (χ2n) is 2.92. The van der Waals surface area contributed by atoms with Gasteiger partial charge >= 0.3 is 0 Å². The lowest BCUT2D eigenvalue weighted by atomic mass is 10.3. The second-order valence-corrected chi connectivity index (χ2v) is 4.75. The van der Waals surface area contributed by atoms with E-state index in [1.807, 2.05) is 0 Å². The van der Waals surface area contributed by atoms with Crippen molar-refractivity contribution in [3.8, 4) is 5.75 Å². The zero-order valence-electron chi connectivity index (χ0n) is 8.60. The monoisotopic (exact) mass is 227 g/mol. The smallest absolute Gasteiger partial charge is 0.199 e. The number of allylic oxidation sites excluding steroid dienone is 1. The number of benzene rings is 1. The number of nitrogens with two attached hydrogens (primary N) is 1. The highest BCUT2D eigenvalue weighted by molar-refractivity contribution is 7.94. The van der Waals surface area contributed by atoms with E-state index in [0.717, 1.165) is 5.41 Å². The van der Waals surface area contributed by atoms with Gasteiger partial charge in [-0.05, 0) is 25.1 Å². The van der Waals surface area contributed by atoms with Crippen LogP contribution in [-0.2, 0) is 9.84 Å². The Morgan fingerprint density at radius 1 is 1.40 bits per heavy atom. The quantitative estimate of drug-likeness (QED) is 0.796. The predicted molar refractivity (Wildman–Crippen MR) is 59.4 cm³/mol. The summed E-state index contributed by atoms with van der Waals surface area (Å²) in [5, 5.41) is 1.13. The van der Waals surface area contributed by atoms with Gasteiger partial charge in [0.15, 0.2) is 9.84 Å². The number of nitrogen functional groups attached to an aromatic ring is 1. The van der Waals surface area contributed by atoms with Crippen LogP contribution in [-0.4, -0.2) is 15.5 Å². The van der Waals surface area contributed by atoms with Crippen molar-refractivity contribution in [3.63, 3.8) is 0 Å². The summed E-state index contributed by atoms with van der Waals surface area (Å²) >= 11 is 0. The highest BCUT2D eigenvalue weighted by Gasteiger charge is 2.11. The molecule has 1 aromatic carbocycles. The molecule has 0 bridgehead atoms. The van der Waals surface area contributed by atoms with Crippen molar-refractivity contribution in [3.05, 3.63) is 29.7 Å². The summed E-state index contributed by atoms with van der Waals surface area (Å²) < 4.78 is 28.1. The van der Waals surface area contributed by atoms with Gasteiger partial charge in [0.25, 0.3) is 0 Å². The molecule has 0 aliphatic carbocycles. The molecule has 0 atom stereocenters. The lowest BCUT2D eigenvalue weighted by molar-refractivity contribution is 0.416. The molecule has 1 aromatic rings. The SMILES string of the molecule is CC=CS(=O)(=O)c1ccc(OC)c(N)c1. The van der Waals surface area contributed by atoms with Crippen molar-refractivity contribution in [2.75, 3.05) is 12.8 Å². The molecule has 1 rings (SSSR count). The maximum Gasteiger partial charge on any atom is 0.199 e. The van der Waals surface area contributed by atoms with Gasteiger partial charge in [0.1, 0.15) is 5.75 Å². The van der Waals surface area contributed by atoms with E-state index in [0.29, 0.717) is 11.4 Å². The van der Waals surface area contributed by atoms with E-state index in [4.69, 9.17) is 10.5 Å². The number of methoxy groups -OCH3 is 1. The molecule has 0 saturated carbocycles. The minimum atomic E-state index is -3.37. The van der Waals surface area contributed by atoms with Crippen LogP contribution in [0, 0.1) is 0 Å². The Labute approximate surface area is 89.3 Å². The first-order valence-electron chi connectivity index (χ1n) is 4.32. The largest absolute Gasteiger partial charge is 0.495 e. The lowest BCUT2D eigenvalue weighted by Gasteiger charge is -2.05. The van der Waals surface area contributed by atoms with Gasteiger partial charge in [-0.3, -0.25) is 0 Å². The Morgan fingerprint density at radius 3 is 2.53 bits per heavy atom. The number of rotatable bonds is 3. The molecule has 15 heavy (non-hydrogen) atoms. The highest BCUT2D eigenvalue weighted by atomic mass is 32.2. The average molecular weight is 227 g/mol. The number of sulfone groups is 1. The van der Waals surface area contributed by atoms with Gasteiger partial charge < -0.3 is 10.5 Å². The Kier molecular flexibility index (Phi) is 3.36. The van der Waals surface area contributed by atoms with E-state index < -0.39 is 9.84 Å². The van der Waals surface area contributed by atoms with Crippen molar-refractivity contribution < 1.29 is 13.2 Å². The average Bonchev–Trinajstić information content (AvgIpc) is 2.17. The lowest BCUT2D eigenvalue weighted by Crippen LogP contribution is -1.99. The van der Waals surface area contributed by atoms with Gasteiger partial charge in [-0.1, -0.05) is 6.08 Å². The van der Waals surface area contributed by atoms with Crippen molar-refractivity contribution in [2.24, 2.45) is 0 Å². The summed E-state index contributed by atoms with van der Waals surface area (Å²) in [6, 6.07) is 4.38. The van der Waals surface area contributed by atoms with Crippen molar-refractivity contribution in [1.29, 1.82) is 0 Å². The normalized spacial score (nSPS) is 11.9. The molecular formula is C10H13NO3S. The van der Waals surface area contributed by atoms with Gasteiger partial charge in [-0.25, -0.2) is 8.42 Å². The molecule has 0 aliphatic rings. The second kappa shape index (κ2) is 4.35. The number of anilines is 1. The Hall–Kier alpha value is -1.49. The van der Waals surface area contributed by atoms with E-state index in [1.54, 1.807) is 6.92 Å². The third-order valence-electron chi connectivity index (χ3n) is 1.84. The van der Waals surface area contributed by atoms with Crippen LogP contribution in [0.4, 0.5) is 5.69 Å². The number of hydrogen-bond donors (Lipinski definition) is 1. The first-order valence-corrected chi connectivity index (χ1v) is 5.87. The number of ether oxygens (including phenoxy) is 1.